The molecule has 1 aliphatic rings. The summed E-state index contributed by atoms with van der Waals surface area (Å²) in [5, 5.41) is 0. The van der Waals surface area contributed by atoms with E-state index in [-0.39, 0.29) is 30.6 Å². The maximum atomic E-state index is 14.0. The minimum Gasteiger partial charge on any atom is -0.485 e. The lowest BCUT2D eigenvalue weighted by atomic mass is 10.2. The molecule has 33 heavy (non-hydrogen) atoms. The van der Waals surface area contributed by atoms with Gasteiger partial charge in [-0.1, -0.05) is 6.07 Å². The molecule has 10 heteroatoms. The van der Waals surface area contributed by atoms with Gasteiger partial charge >= 0.3 is 0 Å². The number of hydroxylamine groups is 1. The summed E-state index contributed by atoms with van der Waals surface area (Å²) in [6, 6.07) is 5.31. The number of benzene rings is 1. The van der Waals surface area contributed by atoms with Gasteiger partial charge in [0.25, 0.3) is 5.91 Å². The van der Waals surface area contributed by atoms with Gasteiger partial charge in [-0.3, -0.25) is 14.0 Å². The van der Waals surface area contributed by atoms with Gasteiger partial charge in [0.05, 0.1) is 17.9 Å². The summed E-state index contributed by atoms with van der Waals surface area (Å²) in [5.74, 6) is -2.30. The Hall–Kier alpha value is -3.08. The largest absolute Gasteiger partial charge is 0.485 e. The van der Waals surface area contributed by atoms with E-state index >= 15 is 0 Å². The van der Waals surface area contributed by atoms with Crippen LogP contribution in [0.1, 0.15) is 41.2 Å². The quantitative estimate of drug-likeness (QED) is 0.541. The fourth-order valence-corrected chi connectivity index (χ4v) is 3.65. The lowest BCUT2D eigenvalue weighted by Crippen LogP contribution is -2.31. The van der Waals surface area contributed by atoms with E-state index in [0.29, 0.717) is 23.7 Å². The molecule has 1 N–H and O–H groups in total. The molecule has 3 heterocycles. The molecule has 1 aliphatic heterocycles. The van der Waals surface area contributed by atoms with Crippen LogP contribution in [0.25, 0.3) is 5.65 Å². The molecule has 1 amide bonds. The summed E-state index contributed by atoms with van der Waals surface area (Å²) in [5.41, 5.74) is 4.01. The molecule has 4 rings (SSSR count). The SMILES string of the molecule is Cc1cc(OCc2c(F)cccc2F)c2nc(C)c(C(=O)NOC[C@H]3COC(C)(C)O3)n2c1. The van der Waals surface area contributed by atoms with Crippen molar-refractivity contribution in [3.63, 3.8) is 0 Å². The third-order valence-corrected chi connectivity index (χ3v) is 5.15. The van der Waals surface area contributed by atoms with Crippen LogP contribution in [-0.4, -0.2) is 40.4 Å². The van der Waals surface area contributed by atoms with Crippen LogP contribution < -0.4 is 10.2 Å². The van der Waals surface area contributed by atoms with Crippen molar-refractivity contribution in [1.82, 2.24) is 14.9 Å². The Morgan fingerprint density at radius 1 is 1.30 bits per heavy atom. The smallest absolute Gasteiger partial charge is 0.293 e. The zero-order valence-electron chi connectivity index (χ0n) is 18.8. The summed E-state index contributed by atoms with van der Waals surface area (Å²) >= 11 is 0. The molecular weight excluding hydrogens is 436 g/mol. The number of imidazole rings is 1. The number of hydrogen-bond donors (Lipinski definition) is 1. The first-order valence-electron chi connectivity index (χ1n) is 10.4. The lowest BCUT2D eigenvalue weighted by Gasteiger charge is -2.17. The first-order chi connectivity index (χ1) is 15.6. The monoisotopic (exact) mass is 461 g/mol. The summed E-state index contributed by atoms with van der Waals surface area (Å²) in [6.45, 7) is 7.24. The summed E-state index contributed by atoms with van der Waals surface area (Å²) in [7, 11) is 0. The van der Waals surface area contributed by atoms with Gasteiger partial charge in [0.2, 0.25) is 0 Å². The molecule has 2 aromatic heterocycles. The zero-order chi connectivity index (χ0) is 23.8. The first kappa shape index (κ1) is 23.1. The van der Waals surface area contributed by atoms with Crippen LogP contribution in [0.5, 0.6) is 5.75 Å². The predicted octanol–water partition coefficient (Wildman–Crippen LogP) is 3.62. The molecule has 1 atom stereocenters. The molecule has 3 aromatic rings. The molecule has 1 fully saturated rings. The Morgan fingerprint density at radius 2 is 2.03 bits per heavy atom. The first-order valence-corrected chi connectivity index (χ1v) is 10.4. The summed E-state index contributed by atoms with van der Waals surface area (Å²) in [4.78, 5) is 22.6. The van der Waals surface area contributed by atoms with Crippen LogP contribution in [0.4, 0.5) is 8.78 Å². The Labute approximate surface area is 189 Å². The molecule has 1 aromatic carbocycles. The molecule has 0 radical (unpaired) electrons. The number of aryl methyl sites for hydroxylation is 2. The average Bonchev–Trinajstić information content (AvgIpc) is 3.25. The van der Waals surface area contributed by atoms with Gasteiger partial charge in [-0.15, -0.1) is 0 Å². The third kappa shape index (κ3) is 4.97. The highest BCUT2D eigenvalue weighted by molar-refractivity contribution is 5.94. The second-order valence-corrected chi connectivity index (χ2v) is 8.30. The van der Waals surface area contributed by atoms with Crippen molar-refractivity contribution in [3.8, 4) is 5.75 Å². The fourth-order valence-electron chi connectivity index (χ4n) is 3.65. The number of ether oxygens (including phenoxy) is 3. The van der Waals surface area contributed by atoms with E-state index in [1.807, 2.05) is 6.92 Å². The Kier molecular flexibility index (Phi) is 6.33. The Balaban J connectivity index is 1.51. The van der Waals surface area contributed by atoms with Crippen molar-refractivity contribution < 1.29 is 32.6 Å². The lowest BCUT2D eigenvalue weighted by molar-refractivity contribution is -0.147. The predicted molar refractivity (Wildman–Crippen MR) is 114 cm³/mol. The van der Waals surface area contributed by atoms with E-state index in [1.165, 1.54) is 18.2 Å². The molecule has 0 saturated carbocycles. The van der Waals surface area contributed by atoms with Crippen LogP contribution in [0.15, 0.2) is 30.5 Å². The van der Waals surface area contributed by atoms with E-state index in [0.717, 1.165) is 5.56 Å². The number of aromatic nitrogens is 2. The molecule has 1 saturated heterocycles. The highest BCUT2D eigenvalue weighted by atomic mass is 19.1. The number of amides is 1. The minimum atomic E-state index is -0.699. The van der Waals surface area contributed by atoms with Crippen molar-refractivity contribution in [3.05, 3.63) is 64.6 Å². The molecule has 0 unspecified atom stereocenters. The van der Waals surface area contributed by atoms with Gasteiger partial charge in [0, 0.05) is 6.20 Å². The highest BCUT2D eigenvalue weighted by Gasteiger charge is 2.33. The number of fused-ring (bicyclic) bond motifs is 1. The standard InChI is InChI=1S/C23H25F2N3O5/c1-13-8-19(30-12-16-17(24)6-5-7-18(16)25)21-26-14(2)20(28(21)9-13)22(29)27-32-11-15-10-31-23(3,4)33-15/h5-9,15H,10-12H2,1-4H3,(H,27,29)/t15-/m1/s1. The molecular formula is C23H25F2N3O5. The number of rotatable bonds is 7. The maximum Gasteiger partial charge on any atom is 0.293 e. The number of carbonyl (C=O) groups excluding carboxylic acids is 1. The molecule has 0 spiro atoms. The van der Waals surface area contributed by atoms with Gasteiger partial charge in [-0.05, 0) is 51.5 Å². The van der Waals surface area contributed by atoms with Crippen molar-refractivity contribution in [2.24, 2.45) is 0 Å². The van der Waals surface area contributed by atoms with E-state index in [1.54, 1.807) is 37.4 Å². The molecule has 0 bridgehead atoms. The fraction of sp³-hybridized carbons (Fsp3) is 0.391. The van der Waals surface area contributed by atoms with Crippen molar-refractivity contribution in [2.45, 2.75) is 46.2 Å². The molecule has 8 nitrogen and oxygen atoms in total. The molecule has 176 valence electrons. The number of nitrogens with one attached hydrogen (secondary N) is 1. The third-order valence-electron chi connectivity index (χ3n) is 5.15. The normalized spacial score (nSPS) is 17.5. The number of nitrogens with zero attached hydrogens (tertiary/aromatic N) is 2. The van der Waals surface area contributed by atoms with E-state index in [4.69, 9.17) is 19.0 Å². The minimum absolute atomic E-state index is 0.118. The Morgan fingerprint density at radius 3 is 2.70 bits per heavy atom. The van der Waals surface area contributed by atoms with Gasteiger partial charge < -0.3 is 14.2 Å². The number of halogens is 2. The molecule has 0 aliphatic carbocycles. The van der Waals surface area contributed by atoms with Crippen LogP contribution >= 0.6 is 0 Å². The Bertz CT molecular complexity index is 1170. The maximum absolute atomic E-state index is 14.0. The topological polar surface area (TPSA) is 83.3 Å². The van der Waals surface area contributed by atoms with Crippen LogP contribution in [0.2, 0.25) is 0 Å². The van der Waals surface area contributed by atoms with Gasteiger partial charge in [-0.25, -0.2) is 19.2 Å². The number of pyridine rings is 1. The van der Waals surface area contributed by atoms with E-state index < -0.39 is 23.3 Å². The summed E-state index contributed by atoms with van der Waals surface area (Å²) < 4.78 is 46.3. The van der Waals surface area contributed by atoms with Crippen molar-refractivity contribution in [2.75, 3.05) is 13.2 Å². The highest BCUT2D eigenvalue weighted by Crippen LogP contribution is 2.26. The number of hydrogen-bond acceptors (Lipinski definition) is 6. The second kappa shape index (κ2) is 9.05. The van der Waals surface area contributed by atoms with E-state index in [2.05, 4.69) is 10.5 Å². The van der Waals surface area contributed by atoms with Crippen LogP contribution in [0.3, 0.4) is 0 Å². The van der Waals surface area contributed by atoms with E-state index in [9.17, 15) is 13.6 Å². The van der Waals surface area contributed by atoms with Gasteiger partial charge in [0.1, 0.15) is 36.6 Å². The van der Waals surface area contributed by atoms with Crippen molar-refractivity contribution in [1.29, 1.82) is 0 Å². The number of carbonyl (C=O) groups is 1. The van der Waals surface area contributed by atoms with Crippen molar-refractivity contribution >= 4 is 11.6 Å². The second-order valence-electron chi connectivity index (χ2n) is 8.30. The average molecular weight is 461 g/mol. The van der Waals surface area contributed by atoms with Gasteiger partial charge in [0.15, 0.2) is 17.2 Å². The van der Waals surface area contributed by atoms with Crippen LogP contribution in [-0.2, 0) is 20.9 Å². The van der Waals surface area contributed by atoms with Gasteiger partial charge in [-0.2, -0.15) is 0 Å². The van der Waals surface area contributed by atoms with Crippen LogP contribution in [0, 0.1) is 25.5 Å². The zero-order valence-corrected chi connectivity index (χ0v) is 18.8. The summed E-state index contributed by atoms with van der Waals surface area (Å²) in [6.07, 6.45) is 1.42.